The predicted octanol–water partition coefficient (Wildman–Crippen LogP) is 3.83. The van der Waals surface area contributed by atoms with Gasteiger partial charge in [0.25, 0.3) is 0 Å². The first-order valence-corrected chi connectivity index (χ1v) is 7.79. The minimum Gasteiger partial charge on any atom is -0.487 e. The molecule has 0 aromatic rings. The number of esters is 1. The largest absolute Gasteiger partial charge is 0.487 e. The van der Waals surface area contributed by atoms with Crippen molar-refractivity contribution in [2.75, 3.05) is 6.61 Å². The van der Waals surface area contributed by atoms with Gasteiger partial charge in [-0.15, -0.1) is 0 Å². The minimum atomic E-state index is -0.701. The molecule has 1 aliphatic heterocycles. The molecule has 0 bridgehead atoms. The van der Waals surface area contributed by atoms with E-state index in [9.17, 15) is 9.59 Å². The highest BCUT2D eigenvalue weighted by molar-refractivity contribution is 5.97. The highest BCUT2D eigenvalue weighted by atomic mass is 16.5. The molecule has 23 heavy (non-hydrogen) atoms. The minimum absolute atomic E-state index is 0.0754. The first kappa shape index (κ1) is 17.1. The molecule has 0 amide bonds. The summed E-state index contributed by atoms with van der Waals surface area (Å²) in [5.74, 6) is 0.262. The van der Waals surface area contributed by atoms with Crippen molar-refractivity contribution in [2.45, 2.75) is 46.6 Å². The fourth-order valence-corrected chi connectivity index (χ4v) is 2.31. The number of carbonyl (C=O) groups excluding carboxylic acids is 1. The number of hydrogen-bond acceptors (Lipinski definition) is 5. The van der Waals surface area contributed by atoms with Crippen LogP contribution < -0.4 is 10.4 Å². The van der Waals surface area contributed by atoms with Gasteiger partial charge in [-0.3, -0.25) is 0 Å². The van der Waals surface area contributed by atoms with E-state index in [4.69, 9.17) is 13.9 Å². The van der Waals surface area contributed by atoms with E-state index < -0.39 is 11.6 Å². The number of hydrogen-bond donors (Lipinski definition) is 0. The molecular weight excluding hydrogens is 296 g/mol. The molecule has 0 aromatic carbocycles. The van der Waals surface area contributed by atoms with Crippen molar-refractivity contribution in [2.24, 2.45) is 0 Å². The molecule has 0 N–H and O–H groups in total. The second-order valence-electron chi connectivity index (χ2n) is 5.89. The number of rotatable bonds is 5. The van der Waals surface area contributed by atoms with Gasteiger partial charge < -0.3 is 13.9 Å². The number of ether oxygens (including phenoxy) is 2. The van der Waals surface area contributed by atoms with Gasteiger partial charge >= 0.3 is 11.6 Å². The average Bonchev–Trinajstić information content (AvgIpc) is 2.68. The van der Waals surface area contributed by atoms with Crippen molar-refractivity contribution in [3.8, 4) is 17.1 Å². The summed E-state index contributed by atoms with van der Waals surface area (Å²) >= 11 is 0. The van der Waals surface area contributed by atoms with E-state index in [1.54, 1.807) is 19.1 Å². The van der Waals surface area contributed by atoms with Crippen LogP contribution in [-0.2, 0) is 4.74 Å². The summed E-state index contributed by atoms with van der Waals surface area (Å²) in [6.07, 6.45) is -0.0886. The lowest BCUT2D eigenvalue weighted by molar-refractivity contribution is 0.0524. The normalized spacial score (nSPS) is 11.3. The Morgan fingerprint density at radius 2 is 1.91 bits per heavy atom. The van der Waals surface area contributed by atoms with Gasteiger partial charge in [0.05, 0.1) is 12.7 Å². The lowest BCUT2D eigenvalue weighted by atomic mass is 10.0. The van der Waals surface area contributed by atoms with Crippen molar-refractivity contribution >= 4 is 5.97 Å². The summed E-state index contributed by atoms with van der Waals surface area (Å²) in [6.45, 7) is 9.72. The van der Waals surface area contributed by atoms with E-state index in [0.29, 0.717) is 11.3 Å². The van der Waals surface area contributed by atoms with Crippen molar-refractivity contribution in [3.63, 3.8) is 0 Å². The first-order valence-electron chi connectivity index (χ1n) is 7.79. The SMILES string of the molecule is CCOC(=O)c1c2cc(C(C)C)ccc(OC(C)C)c-2oc1=O. The van der Waals surface area contributed by atoms with Crippen LogP contribution in [0.25, 0.3) is 11.3 Å². The maximum atomic E-state index is 12.2. The topological polar surface area (TPSA) is 65.7 Å². The summed E-state index contributed by atoms with van der Waals surface area (Å²) in [7, 11) is 0. The van der Waals surface area contributed by atoms with Crippen LogP contribution >= 0.6 is 0 Å². The zero-order chi connectivity index (χ0) is 17.1. The smallest absolute Gasteiger partial charge is 0.351 e. The molecule has 124 valence electrons. The third-order valence-electron chi connectivity index (χ3n) is 3.38. The van der Waals surface area contributed by atoms with Crippen LogP contribution in [0.4, 0.5) is 0 Å². The Kier molecular flexibility index (Phi) is 5.08. The quantitative estimate of drug-likeness (QED) is 0.784. The van der Waals surface area contributed by atoms with Crippen molar-refractivity contribution in [1.29, 1.82) is 0 Å². The third-order valence-corrected chi connectivity index (χ3v) is 3.38. The lowest BCUT2D eigenvalue weighted by Gasteiger charge is -2.09. The molecule has 1 aliphatic carbocycles. The van der Waals surface area contributed by atoms with E-state index in [2.05, 4.69) is 0 Å². The molecule has 5 heteroatoms. The van der Waals surface area contributed by atoms with Gasteiger partial charge in [-0.1, -0.05) is 19.9 Å². The van der Waals surface area contributed by atoms with Crippen LogP contribution in [0.2, 0.25) is 0 Å². The van der Waals surface area contributed by atoms with E-state index >= 15 is 0 Å². The molecule has 0 radical (unpaired) electrons. The van der Waals surface area contributed by atoms with E-state index in [0.717, 1.165) is 5.56 Å². The van der Waals surface area contributed by atoms with Crippen LogP contribution in [0, 0.1) is 0 Å². The molecule has 0 unspecified atom stereocenters. The molecule has 0 spiro atoms. The molecule has 2 aliphatic rings. The van der Waals surface area contributed by atoms with Crippen LogP contribution in [0.3, 0.4) is 0 Å². The molecule has 0 atom stereocenters. The molecule has 0 saturated heterocycles. The summed E-state index contributed by atoms with van der Waals surface area (Å²) < 4.78 is 16.0. The van der Waals surface area contributed by atoms with E-state index in [1.807, 2.05) is 33.8 Å². The zero-order valence-corrected chi connectivity index (χ0v) is 14.1. The molecule has 0 aromatic heterocycles. The average molecular weight is 318 g/mol. The number of furan rings is 1. The van der Waals surface area contributed by atoms with Crippen LogP contribution in [0.1, 0.15) is 56.5 Å². The lowest BCUT2D eigenvalue weighted by Crippen LogP contribution is -2.13. The Balaban J connectivity index is 2.72. The summed E-state index contributed by atoms with van der Waals surface area (Å²) in [4.78, 5) is 24.3. The second-order valence-corrected chi connectivity index (χ2v) is 5.89. The molecule has 0 fully saturated rings. The number of carbonyl (C=O) groups is 1. The van der Waals surface area contributed by atoms with Gasteiger partial charge in [-0.05, 0) is 44.4 Å². The van der Waals surface area contributed by atoms with Gasteiger partial charge in [-0.25, -0.2) is 9.59 Å². The standard InChI is InChI=1S/C18H22O5/c1-6-21-17(19)15-13-9-12(10(2)3)7-8-14(22-11(4)5)16(13)23-18(15)20/h7-11H,6H2,1-5H3. The summed E-state index contributed by atoms with van der Waals surface area (Å²) in [5, 5.41) is 0. The van der Waals surface area contributed by atoms with Gasteiger partial charge in [0.1, 0.15) is 0 Å². The zero-order valence-electron chi connectivity index (χ0n) is 14.1. The monoisotopic (exact) mass is 318 g/mol. The van der Waals surface area contributed by atoms with E-state index in [1.165, 1.54) is 0 Å². The molecule has 2 rings (SSSR count). The van der Waals surface area contributed by atoms with Gasteiger partial charge in [0.2, 0.25) is 0 Å². The number of fused-ring (bicyclic) bond motifs is 1. The van der Waals surface area contributed by atoms with Crippen molar-refractivity contribution < 1.29 is 18.7 Å². The highest BCUT2D eigenvalue weighted by Gasteiger charge is 2.28. The Morgan fingerprint density at radius 3 is 2.48 bits per heavy atom. The van der Waals surface area contributed by atoms with Gasteiger partial charge in [-0.2, -0.15) is 0 Å². The Bertz CT molecular complexity index is 727. The Labute approximate surface area is 135 Å². The van der Waals surface area contributed by atoms with Crippen LogP contribution in [-0.4, -0.2) is 18.7 Å². The first-order chi connectivity index (χ1) is 10.8. The summed E-state index contributed by atoms with van der Waals surface area (Å²) in [6, 6.07) is 5.48. The van der Waals surface area contributed by atoms with Crippen molar-refractivity contribution in [1.82, 2.24) is 0 Å². The van der Waals surface area contributed by atoms with Gasteiger partial charge in [0.15, 0.2) is 17.1 Å². The molecular formula is C18H22O5. The molecule has 1 heterocycles. The van der Waals surface area contributed by atoms with Crippen molar-refractivity contribution in [3.05, 3.63) is 39.7 Å². The van der Waals surface area contributed by atoms with Crippen LogP contribution in [0.15, 0.2) is 27.4 Å². The fraction of sp³-hybridized carbons (Fsp3) is 0.444. The Morgan fingerprint density at radius 1 is 1.22 bits per heavy atom. The molecule has 5 nitrogen and oxygen atoms in total. The predicted molar refractivity (Wildman–Crippen MR) is 87.4 cm³/mol. The fourth-order valence-electron chi connectivity index (χ4n) is 2.31. The third kappa shape index (κ3) is 3.55. The highest BCUT2D eigenvalue weighted by Crippen LogP contribution is 2.35. The Hall–Kier alpha value is -2.30. The van der Waals surface area contributed by atoms with E-state index in [-0.39, 0.29) is 30.0 Å². The van der Waals surface area contributed by atoms with Crippen LogP contribution in [0.5, 0.6) is 5.75 Å². The maximum absolute atomic E-state index is 12.2. The second kappa shape index (κ2) is 6.86. The van der Waals surface area contributed by atoms with Gasteiger partial charge in [0, 0.05) is 5.56 Å². The molecule has 0 saturated carbocycles. The maximum Gasteiger partial charge on any atom is 0.351 e. The summed E-state index contributed by atoms with van der Waals surface area (Å²) in [5.41, 5.74) is 0.624.